The Morgan fingerprint density at radius 2 is 1.50 bits per heavy atom. The minimum Gasteiger partial charge on any atom is -0.339 e. The lowest BCUT2D eigenvalue weighted by atomic mass is 10.0. The molecule has 9 heteroatoms. The van der Waals surface area contributed by atoms with Crippen molar-refractivity contribution in [2.75, 3.05) is 13.1 Å². The summed E-state index contributed by atoms with van der Waals surface area (Å²) in [5.41, 5.74) is 5.17. The number of rotatable bonds is 1. The molecule has 0 radical (unpaired) electrons. The Balaban J connectivity index is 2.82. The highest BCUT2D eigenvalue weighted by Crippen LogP contribution is 2.40. The molecule has 1 aliphatic rings. The molecule has 0 unspecified atom stereocenters. The molecule has 1 heterocycles. The summed E-state index contributed by atoms with van der Waals surface area (Å²) >= 11 is 0. The van der Waals surface area contributed by atoms with Crippen molar-refractivity contribution in [1.29, 1.82) is 0 Å². The van der Waals surface area contributed by atoms with Crippen molar-refractivity contribution >= 4 is 5.91 Å². The Bertz CT molecular complexity index is 266. The number of alkyl halides is 6. The van der Waals surface area contributed by atoms with Gasteiger partial charge in [0.05, 0.1) is 0 Å². The van der Waals surface area contributed by atoms with Crippen LogP contribution in [0.5, 0.6) is 0 Å². The Kier molecular flexibility index (Phi) is 3.10. The maximum absolute atomic E-state index is 12.1. The van der Waals surface area contributed by atoms with Gasteiger partial charge in [-0.2, -0.15) is 26.3 Å². The number of nitrogens with zero attached hydrogens (tertiary/aromatic N) is 1. The van der Waals surface area contributed by atoms with Crippen LogP contribution in [0.3, 0.4) is 0 Å². The van der Waals surface area contributed by atoms with Gasteiger partial charge in [0.25, 0.3) is 0 Å². The van der Waals surface area contributed by atoms with E-state index >= 15 is 0 Å². The van der Waals surface area contributed by atoms with E-state index in [2.05, 4.69) is 0 Å². The van der Waals surface area contributed by atoms with Crippen LogP contribution in [0.25, 0.3) is 0 Å². The standard InChI is InChI=1S/C7H8F6N2O/c8-6(9,10)4(7(11,12)13)5(16)15-1-3(14)2-15/h3-4H,1-2,14H2. The van der Waals surface area contributed by atoms with E-state index in [0.29, 0.717) is 4.90 Å². The molecule has 0 aromatic rings. The lowest BCUT2D eigenvalue weighted by Gasteiger charge is -2.39. The number of carbonyl (C=O) groups is 1. The van der Waals surface area contributed by atoms with Crippen LogP contribution in [0.2, 0.25) is 0 Å². The summed E-state index contributed by atoms with van der Waals surface area (Å²) in [7, 11) is 0. The molecule has 2 N–H and O–H groups in total. The van der Waals surface area contributed by atoms with Crippen molar-refractivity contribution in [2.45, 2.75) is 18.4 Å². The predicted molar refractivity (Wildman–Crippen MR) is 40.2 cm³/mol. The monoisotopic (exact) mass is 250 g/mol. The van der Waals surface area contributed by atoms with Gasteiger partial charge in [-0.15, -0.1) is 0 Å². The second kappa shape index (κ2) is 3.79. The van der Waals surface area contributed by atoms with Gasteiger partial charge in [0.1, 0.15) is 0 Å². The molecule has 1 amide bonds. The van der Waals surface area contributed by atoms with Gasteiger partial charge < -0.3 is 10.6 Å². The molecule has 94 valence electrons. The summed E-state index contributed by atoms with van der Waals surface area (Å²) in [6.45, 7) is -0.553. The van der Waals surface area contributed by atoms with E-state index in [1.807, 2.05) is 0 Å². The third-order valence-corrected chi connectivity index (χ3v) is 2.12. The Labute approximate surface area is 86.2 Å². The molecule has 3 nitrogen and oxygen atoms in total. The highest BCUT2D eigenvalue weighted by molar-refractivity contribution is 5.81. The van der Waals surface area contributed by atoms with Gasteiger partial charge in [0.2, 0.25) is 11.8 Å². The number of hydrogen-bond acceptors (Lipinski definition) is 2. The third-order valence-electron chi connectivity index (χ3n) is 2.12. The van der Waals surface area contributed by atoms with E-state index in [1.165, 1.54) is 0 Å². The van der Waals surface area contributed by atoms with E-state index in [-0.39, 0.29) is 13.1 Å². The van der Waals surface area contributed by atoms with Gasteiger partial charge in [0.15, 0.2) is 0 Å². The fourth-order valence-corrected chi connectivity index (χ4v) is 1.34. The molecule has 0 atom stereocenters. The number of amides is 1. The molecule has 0 aromatic carbocycles. The maximum Gasteiger partial charge on any atom is 0.409 e. The first-order valence-electron chi connectivity index (χ1n) is 4.21. The number of nitrogens with two attached hydrogens (primary N) is 1. The van der Waals surface area contributed by atoms with Gasteiger partial charge in [0, 0.05) is 19.1 Å². The molecule has 0 saturated carbocycles. The van der Waals surface area contributed by atoms with Crippen LogP contribution in [-0.4, -0.2) is 42.3 Å². The average Bonchev–Trinajstić information content (AvgIpc) is 1.92. The zero-order valence-corrected chi connectivity index (χ0v) is 7.77. The third kappa shape index (κ3) is 2.57. The Morgan fingerprint density at radius 1 is 1.12 bits per heavy atom. The lowest BCUT2D eigenvalue weighted by molar-refractivity contribution is -0.278. The Hall–Kier alpha value is -0.990. The van der Waals surface area contributed by atoms with Crippen LogP contribution in [0.1, 0.15) is 0 Å². The van der Waals surface area contributed by atoms with Crippen LogP contribution >= 0.6 is 0 Å². The van der Waals surface area contributed by atoms with Crippen LogP contribution in [-0.2, 0) is 4.79 Å². The zero-order chi connectivity index (χ0) is 12.7. The van der Waals surface area contributed by atoms with Crippen molar-refractivity contribution < 1.29 is 31.1 Å². The fourth-order valence-electron chi connectivity index (χ4n) is 1.34. The number of halogens is 6. The smallest absolute Gasteiger partial charge is 0.339 e. The minimum atomic E-state index is -5.63. The minimum absolute atomic E-state index is 0.276. The van der Waals surface area contributed by atoms with E-state index in [1.54, 1.807) is 0 Å². The van der Waals surface area contributed by atoms with Crippen LogP contribution < -0.4 is 5.73 Å². The first-order valence-corrected chi connectivity index (χ1v) is 4.21. The summed E-state index contributed by atoms with van der Waals surface area (Å²) in [6.07, 6.45) is -11.3. The largest absolute Gasteiger partial charge is 0.409 e. The molecule has 1 fully saturated rings. The summed E-state index contributed by atoms with van der Waals surface area (Å²) in [6, 6.07) is -0.550. The molecule has 0 aliphatic carbocycles. The normalized spacial score (nSPS) is 18.9. The second-order valence-electron chi connectivity index (χ2n) is 3.52. The van der Waals surface area contributed by atoms with Crippen LogP contribution in [0.4, 0.5) is 26.3 Å². The molecule has 1 saturated heterocycles. The highest BCUT2D eigenvalue weighted by atomic mass is 19.4. The van der Waals surface area contributed by atoms with Gasteiger partial charge in [-0.3, -0.25) is 4.79 Å². The molecule has 0 bridgehead atoms. The van der Waals surface area contributed by atoms with Crippen LogP contribution in [0, 0.1) is 5.92 Å². The topological polar surface area (TPSA) is 46.3 Å². The molecule has 1 rings (SSSR count). The van der Waals surface area contributed by atoms with Crippen molar-refractivity contribution in [3.8, 4) is 0 Å². The molecular weight excluding hydrogens is 242 g/mol. The number of likely N-dealkylation sites (tertiary alicyclic amines) is 1. The summed E-state index contributed by atoms with van der Waals surface area (Å²) in [5.74, 6) is -5.94. The van der Waals surface area contributed by atoms with Gasteiger partial charge in [-0.25, -0.2) is 0 Å². The molecular formula is C7H8F6N2O. The molecule has 1 aliphatic heterocycles. The molecule has 0 spiro atoms. The maximum atomic E-state index is 12.1. The highest BCUT2D eigenvalue weighted by Gasteiger charge is 2.62. The number of hydrogen-bond donors (Lipinski definition) is 1. The van der Waals surface area contributed by atoms with E-state index in [0.717, 1.165) is 0 Å². The summed E-state index contributed by atoms with van der Waals surface area (Å²) < 4.78 is 72.5. The molecule has 0 aromatic heterocycles. The van der Waals surface area contributed by atoms with Crippen molar-refractivity contribution in [1.82, 2.24) is 4.90 Å². The fraction of sp³-hybridized carbons (Fsp3) is 0.857. The Morgan fingerprint density at radius 3 is 1.75 bits per heavy atom. The van der Waals surface area contributed by atoms with Crippen molar-refractivity contribution in [3.63, 3.8) is 0 Å². The lowest BCUT2D eigenvalue weighted by Crippen LogP contribution is -2.62. The van der Waals surface area contributed by atoms with E-state index in [4.69, 9.17) is 5.73 Å². The van der Waals surface area contributed by atoms with E-state index in [9.17, 15) is 31.1 Å². The number of carbonyl (C=O) groups excluding carboxylic acids is 1. The van der Waals surface area contributed by atoms with E-state index < -0.39 is 30.2 Å². The van der Waals surface area contributed by atoms with Crippen molar-refractivity contribution in [3.05, 3.63) is 0 Å². The first kappa shape index (κ1) is 13.1. The average molecular weight is 250 g/mol. The predicted octanol–water partition coefficient (Wildman–Crippen LogP) is 0.897. The van der Waals surface area contributed by atoms with Crippen molar-refractivity contribution in [2.24, 2.45) is 11.7 Å². The quantitative estimate of drug-likeness (QED) is 0.703. The summed E-state index contributed by atoms with van der Waals surface area (Å²) in [5, 5.41) is 0. The van der Waals surface area contributed by atoms with Crippen LogP contribution in [0.15, 0.2) is 0 Å². The summed E-state index contributed by atoms with van der Waals surface area (Å²) in [4.78, 5) is 11.4. The van der Waals surface area contributed by atoms with Gasteiger partial charge in [-0.05, 0) is 0 Å². The SMILES string of the molecule is NC1CN(C(=O)C(C(F)(F)F)C(F)(F)F)C1. The van der Waals surface area contributed by atoms with Gasteiger partial charge >= 0.3 is 12.4 Å². The molecule has 16 heavy (non-hydrogen) atoms. The zero-order valence-electron chi connectivity index (χ0n) is 7.77. The first-order chi connectivity index (χ1) is 7.03. The van der Waals surface area contributed by atoms with Gasteiger partial charge in [-0.1, -0.05) is 0 Å². The second-order valence-corrected chi connectivity index (χ2v) is 3.52.